The lowest BCUT2D eigenvalue weighted by atomic mass is 10.1. The number of hydrogen-bond acceptors (Lipinski definition) is 4. The second-order valence-electron chi connectivity index (χ2n) is 3.80. The van der Waals surface area contributed by atoms with E-state index in [1.54, 1.807) is 18.2 Å². The first-order valence-corrected chi connectivity index (χ1v) is 4.94. The second-order valence-corrected chi connectivity index (χ2v) is 3.80. The van der Waals surface area contributed by atoms with Gasteiger partial charge >= 0.3 is 5.97 Å². The van der Waals surface area contributed by atoms with Crippen molar-refractivity contribution in [3.05, 3.63) is 23.9 Å². The minimum absolute atomic E-state index is 0.124. The molecular formula is C11H16N2O2. The first kappa shape index (κ1) is 11.5. The predicted octanol–water partition coefficient (Wildman–Crippen LogP) is 1.87. The van der Waals surface area contributed by atoms with Gasteiger partial charge in [0.15, 0.2) is 5.69 Å². The third-order valence-corrected chi connectivity index (χ3v) is 2.21. The lowest BCUT2D eigenvalue weighted by Crippen LogP contribution is -2.21. The number of hydrogen-bond donors (Lipinski definition) is 1. The standard InChI is InChI=1S/C11H16N2O2/c1-7(2)8(3)15-11(14)9-5-4-6-10(12)13-9/h4-8H,1-3H3,(H2,12,13). The zero-order valence-electron chi connectivity index (χ0n) is 9.23. The molecular weight excluding hydrogens is 192 g/mol. The summed E-state index contributed by atoms with van der Waals surface area (Å²) in [6.45, 7) is 5.84. The van der Waals surface area contributed by atoms with Gasteiger partial charge in [-0.15, -0.1) is 0 Å². The van der Waals surface area contributed by atoms with Crippen LogP contribution in [0.5, 0.6) is 0 Å². The molecule has 0 fully saturated rings. The van der Waals surface area contributed by atoms with E-state index in [0.29, 0.717) is 5.82 Å². The van der Waals surface area contributed by atoms with E-state index in [0.717, 1.165) is 0 Å². The van der Waals surface area contributed by atoms with E-state index in [2.05, 4.69) is 4.98 Å². The molecule has 0 bridgehead atoms. The average Bonchev–Trinajstić information content (AvgIpc) is 2.17. The first-order valence-electron chi connectivity index (χ1n) is 4.94. The zero-order chi connectivity index (χ0) is 11.4. The maximum atomic E-state index is 11.6. The van der Waals surface area contributed by atoms with Crippen LogP contribution in [0.15, 0.2) is 18.2 Å². The van der Waals surface area contributed by atoms with Gasteiger partial charge in [0.05, 0.1) is 0 Å². The number of carbonyl (C=O) groups excluding carboxylic acids is 1. The highest BCUT2D eigenvalue weighted by atomic mass is 16.5. The van der Waals surface area contributed by atoms with E-state index < -0.39 is 5.97 Å². The summed E-state index contributed by atoms with van der Waals surface area (Å²) >= 11 is 0. The summed E-state index contributed by atoms with van der Waals surface area (Å²) in [5.41, 5.74) is 5.72. The van der Waals surface area contributed by atoms with Crippen molar-refractivity contribution in [2.45, 2.75) is 26.9 Å². The number of aromatic nitrogens is 1. The smallest absolute Gasteiger partial charge is 0.357 e. The van der Waals surface area contributed by atoms with Gasteiger partial charge in [-0.2, -0.15) is 0 Å². The van der Waals surface area contributed by atoms with Crippen LogP contribution >= 0.6 is 0 Å². The molecule has 0 aromatic carbocycles. The fourth-order valence-electron chi connectivity index (χ4n) is 0.930. The van der Waals surface area contributed by atoms with Gasteiger partial charge in [-0.1, -0.05) is 19.9 Å². The lowest BCUT2D eigenvalue weighted by molar-refractivity contribution is 0.0231. The van der Waals surface area contributed by atoms with Crippen LogP contribution in [0.3, 0.4) is 0 Å². The first-order chi connectivity index (χ1) is 7.00. The lowest BCUT2D eigenvalue weighted by Gasteiger charge is -2.16. The summed E-state index contributed by atoms with van der Waals surface area (Å²) in [6.07, 6.45) is -0.124. The molecule has 1 heterocycles. The number of nitrogens with two attached hydrogens (primary N) is 1. The second kappa shape index (κ2) is 4.77. The van der Waals surface area contributed by atoms with Gasteiger partial charge in [0, 0.05) is 0 Å². The Morgan fingerprint density at radius 1 is 1.40 bits per heavy atom. The molecule has 0 saturated heterocycles. The highest BCUT2D eigenvalue weighted by Crippen LogP contribution is 2.09. The Balaban J connectivity index is 2.69. The molecule has 0 aliphatic heterocycles. The van der Waals surface area contributed by atoms with Crippen LogP contribution in [0.1, 0.15) is 31.3 Å². The highest BCUT2D eigenvalue weighted by molar-refractivity contribution is 5.87. The maximum absolute atomic E-state index is 11.6. The molecule has 0 saturated carbocycles. The highest BCUT2D eigenvalue weighted by Gasteiger charge is 2.15. The molecule has 1 rings (SSSR count). The third kappa shape index (κ3) is 3.23. The molecule has 4 heteroatoms. The molecule has 15 heavy (non-hydrogen) atoms. The van der Waals surface area contributed by atoms with Crippen LogP contribution in [0.2, 0.25) is 0 Å². The molecule has 0 aliphatic rings. The number of pyridine rings is 1. The van der Waals surface area contributed by atoms with E-state index in [1.165, 1.54) is 0 Å². The minimum atomic E-state index is -0.427. The van der Waals surface area contributed by atoms with Crippen LogP contribution in [0, 0.1) is 5.92 Å². The van der Waals surface area contributed by atoms with Gasteiger partial charge in [-0.05, 0) is 25.0 Å². The SMILES string of the molecule is CC(C)C(C)OC(=O)c1cccc(N)n1. The summed E-state index contributed by atoms with van der Waals surface area (Å²) in [5, 5.41) is 0. The normalized spacial score (nSPS) is 12.5. The number of esters is 1. The fourth-order valence-corrected chi connectivity index (χ4v) is 0.930. The summed E-state index contributed by atoms with van der Waals surface area (Å²) < 4.78 is 5.20. The fraction of sp³-hybridized carbons (Fsp3) is 0.455. The number of nitrogens with zero attached hydrogens (tertiary/aromatic N) is 1. The van der Waals surface area contributed by atoms with Crippen molar-refractivity contribution in [2.75, 3.05) is 5.73 Å². The van der Waals surface area contributed by atoms with Crippen LogP contribution in [-0.2, 0) is 4.74 Å². The molecule has 1 unspecified atom stereocenters. The van der Waals surface area contributed by atoms with Crippen molar-refractivity contribution in [2.24, 2.45) is 5.92 Å². The molecule has 0 spiro atoms. The monoisotopic (exact) mass is 208 g/mol. The number of anilines is 1. The molecule has 4 nitrogen and oxygen atoms in total. The summed E-state index contributed by atoms with van der Waals surface area (Å²) in [5.74, 6) is 0.181. The van der Waals surface area contributed by atoms with E-state index in [-0.39, 0.29) is 17.7 Å². The number of nitrogen functional groups attached to an aromatic ring is 1. The van der Waals surface area contributed by atoms with Gasteiger partial charge in [-0.3, -0.25) is 0 Å². The minimum Gasteiger partial charge on any atom is -0.458 e. The molecule has 0 aliphatic carbocycles. The predicted molar refractivity (Wildman–Crippen MR) is 58.4 cm³/mol. The van der Waals surface area contributed by atoms with Gasteiger partial charge in [0.25, 0.3) is 0 Å². The quantitative estimate of drug-likeness (QED) is 0.770. The Labute approximate surface area is 89.5 Å². The molecule has 0 amide bonds. The number of carbonyl (C=O) groups is 1. The van der Waals surface area contributed by atoms with Crippen LogP contribution in [0.25, 0.3) is 0 Å². The maximum Gasteiger partial charge on any atom is 0.357 e. The van der Waals surface area contributed by atoms with Gasteiger partial charge in [0.2, 0.25) is 0 Å². The average molecular weight is 208 g/mol. The Morgan fingerprint density at radius 3 is 2.60 bits per heavy atom. The molecule has 2 N–H and O–H groups in total. The summed E-state index contributed by atoms with van der Waals surface area (Å²) in [7, 11) is 0. The van der Waals surface area contributed by atoms with Crippen molar-refractivity contribution < 1.29 is 9.53 Å². The van der Waals surface area contributed by atoms with E-state index in [4.69, 9.17) is 10.5 Å². The largest absolute Gasteiger partial charge is 0.458 e. The Morgan fingerprint density at radius 2 is 2.07 bits per heavy atom. The van der Waals surface area contributed by atoms with Crippen molar-refractivity contribution >= 4 is 11.8 Å². The van der Waals surface area contributed by atoms with Crippen LogP contribution in [0.4, 0.5) is 5.82 Å². The molecule has 1 aromatic rings. The summed E-state index contributed by atoms with van der Waals surface area (Å²) in [6, 6.07) is 4.90. The van der Waals surface area contributed by atoms with Gasteiger partial charge < -0.3 is 10.5 Å². The topological polar surface area (TPSA) is 65.2 Å². The Bertz CT molecular complexity index is 350. The van der Waals surface area contributed by atoms with Crippen molar-refractivity contribution in [3.63, 3.8) is 0 Å². The van der Waals surface area contributed by atoms with E-state index in [9.17, 15) is 4.79 Å². The third-order valence-electron chi connectivity index (χ3n) is 2.21. The van der Waals surface area contributed by atoms with Crippen LogP contribution < -0.4 is 5.73 Å². The number of rotatable bonds is 3. The number of ether oxygens (including phenoxy) is 1. The van der Waals surface area contributed by atoms with Crippen molar-refractivity contribution in [1.29, 1.82) is 0 Å². The summed E-state index contributed by atoms with van der Waals surface area (Å²) in [4.78, 5) is 15.5. The van der Waals surface area contributed by atoms with E-state index >= 15 is 0 Å². The molecule has 1 atom stereocenters. The molecule has 0 radical (unpaired) electrons. The van der Waals surface area contributed by atoms with Crippen molar-refractivity contribution in [1.82, 2.24) is 4.98 Å². The van der Waals surface area contributed by atoms with Crippen molar-refractivity contribution in [3.8, 4) is 0 Å². The Hall–Kier alpha value is -1.58. The van der Waals surface area contributed by atoms with Gasteiger partial charge in [0.1, 0.15) is 11.9 Å². The van der Waals surface area contributed by atoms with Gasteiger partial charge in [-0.25, -0.2) is 9.78 Å². The zero-order valence-corrected chi connectivity index (χ0v) is 9.23. The van der Waals surface area contributed by atoms with Crippen LogP contribution in [-0.4, -0.2) is 17.1 Å². The molecule has 1 aromatic heterocycles. The molecule has 82 valence electrons. The Kier molecular flexibility index (Phi) is 3.66. The van der Waals surface area contributed by atoms with E-state index in [1.807, 2.05) is 20.8 Å².